The minimum absolute atomic E-state index is 0. The van der Waals surface area contributed by atoms with Crippen molar-refractivity contribution < 1.29 is 59.8 Å². The zero-order valence-electron chi connectivity index (χ0n) is 3.78. The molecule has 0 bridgehead atoms. The summed E-state index contributed by atoms with van der Waals surface area (Å²) >= 11 is 1.69. The van der Waals surface area contributed by atoms with Crippen LogP contribution in [0.1, 0.15) is 0 Å². The minimum atomic E-state index is -4.67. The topological polar surface area (TPSA) is 123 Å². The van der Waals surface area contributed by atoms with Gasteiger partial charge in [0.25, 0.3) is 0 Å². The van der Waals surface area contributed by atoms with Crippen LogP contribution < -0.4 is 0 Å². The zero-order chi connectivity index (χ0) is 6.50. The molecule has 0 aromatic carbocycles. The van der Waals surface area contributed by atoms with E-state index in [0.29, 0.717) is 0 Å². The number of rotatable bonds is 0. The summed E-state index contributed by atoms with van der Waals surface area (Å²) in [5.74, 6) is 0. The molecule has 60 valence electrons. The Morgan fingerprint density at radius 2 is 1.11 bits per heavy atom. The quantitative estimate of drug-likeness (QED) is 0.391. The molecule has 0 aliphatic rings. The summed E-state index contributed by atoms with van der Waals surface area (Å²) in [4.78, 5) is 0. The van der Waals surface area contributed by atoms with Gasteiger partial charge in [-0.3, -0.25) is 9.11 Å². The Hall–Kier alpha value is 0.669. The molecule has 6 nitrogen and oxygen atoms in total. The van der Waals surface area contributed by atoms with Gasteiger partial charge in [-0.15, -0.1) is 0 Å². The van der Waals surface area contributed by atoms with Gasteiger partial charge in [0.15, 0.2) is 0 Å². The summed E-state index contributed by atoms with van der Waals surface area (Å²) in [5.41, 5.74) is 0. The van der Waals surface area contributed by atoms with Crippen LogP contribution in [0, 0.1) is 0 Å². The molecule has 0 saturated heterocycles. The van der Waals surface area contributed by atoms with Crippen molar-refractivity contribution in [1.29, 1.82) is 0 Å². The Morgan fingerprint density at radius 1 is 1.11 bits per heavy atom. The van der Waals surface area contributed by atoms with Crippen molar-refractivity contribution in [2.75, 3.05) is 0 Å². The van der Waals surface area contributed by atoms with E-state index >= 15 is 0 Å². The van der Waals surface area contributed by atoms with Crippen molar-refractivity contribution in [3.63, 3.8) is 0 Å². The van der Waals surface area contributed by atoms with Crippen LogP contribution in [0.3, 0.4) is 0 Å². The van der Waals surface area contributed by atoms with Gasteiger partial charge in [-0.2, -0.15) is 8.42 Å². The van der Waals surface area contributed by atoms with Gasteiger partial charge < -0.3 is 5.48 Å². The van der Waals surface area contributed by atoms with E-state index in [1.54, 1.807) is 15.9 Å². The van der Waals surface area contributed by atoms with Crippen LogP contribution in [0.4, 0.5) is 0 Å². The molecule has 0 unspecified atom stereocenters. The van der Waals surface area contributed by atoms with Crippen LogP contribution in [0.5, 0.6) is 0 Å². The van der Waals surface area contributed by atoms with Crippen molar-refractivity contribution >= 4 is 10.4 Å². The standard InChI is InChI=1S/2Mn.H2O4S.H2O.O/c;;1-5(2,3)4;;/h;;(H2,1,2,3,4);1H2;. The fourth-order valence-corrected chi connectivity index (χ4v) is 0. The van der Waals surface area contributed by atoms with E-state index in [4.69, 9.17) is 21.4 Å². The molecule has 4 N–H and O–H groups in total. The maximum atomic E-state index is 8.74. The van der Waals surface area contributed by atoms with Crippen molar-refractivity contribution in [2.24, 2.45) is 0 Å². The molecule has 0 aromatic rings. The van der Waals surface area contributed by atoms with E-state index < -0.39 is 10.4 Å². The Morgan fingerprint density at radius 3 is 1.11 bits per heavy atom. The molecule has 0 fully saturated rings. The van der Waals surface area contributed by atoms with E-state index in [1.165, 1.54) is 0 Å². The molecule has 0 spiro atoms. The van der Waals surface area contributed by atoms with Crippen LogP contribution in [-0.2, 0) is 47.2 Å². The van der Waals surface area contributed by atoms with Gasteiger partial charge in [0.1, 0.15) is 0 Å². The van der Waals surface area contributed by atoms with Crippen molar-refractivity contribution in [3.05, 3.63) is 0 Å². The van der Waals surface area contributed by atoms with E-state index in [-0.39, 0.29) is 22.5 Å². The fourth-order valence-electron chi connectivity index (χ4n) is 0. The molecule has 0 amide bonds. The van der Waals surface area contributed by atoms with Gasteiger partial charge in [-0.25, -0.2) is 0 Å². The first-order valence-electron chi connectivity index (χ1n) is 0.853. The molecule has 9 heavy (non-hydrogen) atoms. The third-order valence-corrected chi connectivity index (χ3v) is 0. The molecule has 0 atom stereocenters. The molecule has 1 radical (unpaired) electrons. The number of hydrogen-bond donors (Lipinski definition) is 2. The molecule has 0 aliphatic carbocycles. The summed E-state index contributed by atoms with van der Waals surface area (Å²) in [5, 5.41) is 0. The second-order valence-corrected chi connectivity index (χ2v) is 1.34. The van der Waals surface area contributed by atoms with Gasteiger partial charge >= 0.3 is 30.2 Å². The zero-order valence-corrected chi connectivity index (χ0v) is 6.96. The normalized spacial score (nSPS) is 6.89. The van der Waals surface area contributed by atoms with Gasteiger partial charge in [-0.05, 0) is 0 Å². The SMILES string of the molecule is O.O=S(=O)(O)O.[Mn].[O]=[Mn]. The summed E-state index contributed by atoms with van der Waals surface area (Å²) < 4.78 is 39.6. The first-order valence-corrected chi connectivity index (χ1v) is 2.73. The molecule has 0 heterocycles. The first kappa shape index (κ1) is 22.6. The van der Waals surface area contributed by atoms with Crippen LogP contribution in [0.15, 0.2) is 0 Å². The second-order valence-electron chi connectivity index (χ2n) is 0.448. The Bertz CT molecular complexity index is 105. The summed E-state index contributed by atoms with van der Waals surface area (Å²) in [6.45, 7) is 0. The third kappa shape index (κ3) is 862. The summed E-state index contributed by atoms with van der Waals surface area (Å²) in [6.07, 6.45) is 0. The average Bonchev–Trinajstić information content (AvgIpc) is 1.36. The van der Waals surface area contributed by atoms with Crippen LogP contribution in [-0.4, -0.2) is 23.0 Å². The first-order chi connectivity index (χ1) is 3.00. The predicted molar refractivity (Wildman–Crippen MR) is 18.5 cm³/mol. The van der Waals surface area contributed by atoms with Gasteiger partial charge in [0, 0.05) is 17.1 Å². The predicted octanol–water partition coefficient (Wildman–Crippen LogP) is -1.60. The van der Waals surface area contributed by atoms with Gasteiger partial charge in [0.05, 0.1) is 0 Å². The van der Waals surface area contributed by atoms with Gasteiger partial charge in [0.2, 0.25) is 0 Å². The Balaban J connectivity index is -0.0000000286. The fraction of sp³-hybridized carbons (Fsp3) is 0. The average molecular weight is 242 g/mol. The second kappa shape index (κ2) is 11.5. The van der Waals surface area contributed by atoms with E-state index in [1.807, 2.05) is 0 Å². The third-order valence-electron chi connectivity index (χ3n) is 0. The summed E-state index contributed by atoms with van der Waals surface area (Å²) in [6, 6.07) is 0. The molecular weight excluding hydrogens is 238 g/mol. The van der Waals surface area contributed by atoms with E-state index in [0.717, 1.165) is 0 Å². The molecule has 0 aliphatic heterocycles. The molecule has 9 heteroatoms. The van der Waals surface area contributed by atoms with Crippen molar-refractivity contribution in [1.82, 2.24) is 0 Å². The maximum absolute atomic E-state index is 8.74. The molecular formula is H4Mn2O6S. The van der Waals surface area contributed by atoms with Crippen LogP contribution in [0.2, 0.25) is 0 Å². The molecule has 0 rings (SSSR count). The number of hydrogen-bond acceptors (Lipinski definition) is 3. The summed E-state index contributed by atoms with van der Waals surface area (Å²) in [7, 11) is -4.67. The van der Waals surface area contributed by atoms with Crippen LogP contribution in [0.25, 0.3) is 0 Å². The Labute approximate surface area is 70.4 Å². The Kier molecular flexibility index (Phi) is 28.8. The molecule has 0 saturated carbocycles. The van der Waals surface area contributed by atoms with E-state index in [2.05, 4.69) is 0 Å². The van der Waals surface area contributed by atoms with E-state index in [9.17, 15) is 0 Å². The molecule has 0 aromatic heterocycles. The van der Waals surface area contributed by atoms with Crippen molar-refractivity contribution in [3.8, 4) is 0 Å². The van der Waals surface area contributed by atoms with Gasteiger partial charge in [-0.1, -0.05) is 0 Å². The van der Waals surface area contributed by atoms with Crippen molar-refractivity contribution in [2.45, 2.75) is 0 Å². The monoisotopic (exact) mass is 242 g/mol. The van der Waals surface area contributed by atoms with Crippen LogP contribution >= 0.6 is 0 Å².